The second-order valence-corrected chi connectivity index (χ2v) is 6.11. The SMILES string of the molecule is O=[N+]([O-])c1ccc(Cn2ccnc2Cc2ccc(Br)cc2)cc1. The first kappa shape index (κ1) is 15.4. The zero-order valence-electron chi connectivity index (χ0n) is 12.2. The summed E-state index contributed by atoms with van der Waals surface area (Å²) < 4.78 is 3.11. The number of nitro benzene ring substituents is 1. The van der Waals surface area contributed by atoms with Gasteiger partial charge in [-0.05, 0) is 23.3 Å². The Morgan fingerprint density at radius 1 is 1.04 bits per heavy atom. The van der Waals surface area contributed by atoms with Crippen LogP contribution in [0.25, 0.3) is 0 Å². The summed E-state index contributed by atoms with van der Waals surface area (Å²) in [5.74, 6) is 0.964. The minimum atomic E-state index is -0.389. The van der Waals surface area contributed by atoms with Crippen molar-refractivity contribution in [1.82, 2.24) is 9.55 Å². The molecule has 0 radical (unpaired) electrons. The zero-order valence-corrected chi connectivity index (χ0v) is 13.8. The molecular formula is C17H14BrN3O2. The molecule has 0 aliphatic rings. The summed E-state index contributed by atoms with van der Waals surface area (Å²) >= 11 is 3.43. The van der Waals surface area contributed by atoms with Gasteiger partial charge in [0.2, 0.25) is 0 Å². The van der Waals surface area contributed by atoms with Gasteiger partial charge in [0.1, 0.15) is 5.82 Å². The maximum absolute atomic E-state index is 10.7. The molecule has 0 amide bonds. The van der Waals surface area contributed by atoms with Gasteiger partial charge < -0.3 is 4.57 Å². The number of aromatic nitrogens is 2. The van der Waals surface area contributed by atoms with E-state index in [1.165, 1.54) is 17.7 Å². The molecule has 0 saturated heterocycles. The van der Waals surface area contributed by atoms with Crippen molar-refractivity contribution < 1.29 is 4.92 Å². The van der Waals surface area contributed by atoms with Crippen LogP contribution in [0.15, 0.2) is 65.4 Å². The van der Waals surface area contributed by atoms with E-state index in [9.17, 15) is 10.1 Å². The van der Waals surface area contributed by atoms with Crippen LogP contribution in [-0.2, 0) is 13.0 Å². The van der Waals surface area contributed by atoms with E-state index in [1.54, 1.807) is 18.3 Å². The van der Waals surface area contributed by atoms with Crippen molar-refractivity contribution in [2.75, 3.05) is 0 Å². The van der Waals surface area contributed by atoms with Crippen molar-refractivity contribution in [3.8, 4) is 0 Å². The third-order valence-corrected chi connectivity index (χ3v) is 4.11. The maximum Gasteiger partial charge on any atom is 0.269 e. The van der Waals surface area contributed by atoms with E-state index in [0.717, 1.165) is 22.3 Å². The van der Waals surface area contributed by atoms with Gasteiger partial charge in [-0.1, -0.05) is 40.2 Å². The van der Waals surface area contributed by atoms with Crippen LogP contribution >= 0.6 is 15.9 Å². The molecule has 3 aromatic rings. The van der Waals surface area contributed by atoms with Crippen molar-refractivity contribution in [2.45, 2.75) is 13.0 Å². The molecule has 116 valence electrons. The average Bonchev–Trinajstić information content (AvgIpc) is 2.97. The van der Waals surface area contributed by atoms with E-state index >= 15 is 0 Å². The molecule has 0 aliphatic heterocycles. The summed E-state index contributed by atoms with van der Waals surface area (Å²) in [6, 6.07) is 14.8. The molecule has 1 heterocycles. The Kier molecular flexibility index (Phi) is 4.52. The molecule has 0 N–H and O–H groups in total. The van der Waals surface area contributed by atoms with Crippen LogP contribution in [0.1, 0.15) is 17.0 Å². The summed E-state index contributed by atoms with van der Waals surface area (Å²) in [6.07, 6.45) is 4.45. The smallest absolute Gasteiger partial charge is 0.269 e. The number of hydrogen-bond donors (Lipinski definition) is 0. The summed E-state index contributed by atoms with van der Waals surface area (Å²) in [5.41, 5.74) is 2.30. The highest BCUT2D eigenvalue weighted by Gasteiger charge is 2.07. The number of nitrogens with zero attached hydrogens (tertiary/aromatic N) is 3. The fraction of sp³-hybridized carbons (Fsp3) is 0.118. The maximum atomic E-state index is 10.7. The van der Waals surface area contributed by atoms with E-state index in [-0.39, 0.29) is 10.6 Å². The quantitative estimate of drug-likeness (QED) is 0.498. The van der Waals surface area contributed by atoms with Gasteiger partial charge >= 0.3 is 0 Å². The number of rotatable bonds is 5. The highest BCUT2D eigenvalue weighted by molar-refractivity contribution is 9.10. The lowest BCUT2D eigenvalue weighted by atomic mass is 10.1. The molecule has 0 spiro atoms. The van der Waals surface area contributed by atoms with Gasteiger partial charge in [0.05, 0.1) is 4.92 Å². The Labute approximate surface area is 141 Å². The molecule has 1 aromatic heterocycles. The summed E-state index contributed by atoms with van der Waals surface area (Å²) in [7, 11) is 0. The van der Waals surface area contributed by atoms with E-state index in [2.05, 4.69) is 37.6 Å². The number of nitro groups is 1. The van der Waals surface area contributed by atoms with E-state index in [0.29, 0.717) is 6.54 Å². The lowest BCUT2D eigenvalue weighted by Crippen LogP contribution is -2.05. The Morgan fingerprint density at radius 3 is 2.35 bits per heavy atom. The first-order chi connectivity index (χ1) is 11.1. The van der Waals surface area contributed by atoms with Crippen molar-refractivity contribution in [2.24, 2.45) is 0 Å². The van der Waals surface area contributed by atoms with E-state index in [1.807, 2.05) is 18.3 Å². The van der Waals surface area contributed by atoms with Gasteiger partial charge in [0.25, 0.3) is 5.69 Å². The third-order valence-electron chi connectivity index (χ3n) is 3.58. The lowest BCUT2D eigenvalue weighted by Gasteiger charge is -2.08. The largest absolute Gasteiger partial charge is 0.330 e. The predicted molar refractivity (Wildman–Crippen MR) is 91.4 cm³/mol. The minimum absolute atomic E-state index is 0.106. The second-order valence-electron chi connectivity index (χ2n) is 5.20. The average molecular weight is 372 g/mol. The molecule has 23 heavy (non-hydrogen) atoms. The van der Waals surface area contributed by atoms with Crippen LogP contribution < -0.4 is 0 Å². The molecule has 0 bridgehead atoms. The fourth-order valence-electron chi connectivity index (χ4n) is 2.36. The summed E-state index contributed by atoms with van der Waals surface area (Å²) in [4.78, 5) is 14.7. The standard InChI is InChI=1S/C17H14BrN3O2/c18-15-5-1-13(2-6-15)11-17-19-9-10-20(17)12-14-3-7-16(8-4-14)21(22)23/h1-10H,11-12H2. The minimum Gasteiger partial charge on any atom is -0.330 e. The number of halogens is 1. The van der Waals surface area contributed by atoms with Crippen molar-refractivity contribution in [3.05, 3.63) is 92.5 Å². The summed E-state index contributed by atoms with van der Waals surface area (Å²) in [6.45, 7) is 0.643. The van der Waals surface area contributed by atoms with Crippen LogP contribution in [0.3, 0.4) is 0 Å². The molecule has 2 aromatic carbocycles. The van der Waals surface area contributed by atoms with Gasteiger partial charge in [0, 0.05) is 42.0 Å². The van der Waals surface area contributed by atoms with Crippen LogP contribution in [0.4, 0.5) is 5.69 Å². The topological polar surface area (TPSA) is 61.0 Å². The molecule has 0 fully saturated rings. The number of non-ortho nitro benzene ring substituents is 1. The molecule has 0 saturated carbocycles. The molecule has 0 atom stereocenters. The predicted octanol–water partition coefficient (Wildman–Crippen LogP) is 4.19. The van der Waals surface area contributed by atoms with Crippen molar-refractivity contribution in [3.63, 3.8) is 0 Å². The van der Waals surface area contributed by atoms with Crippen LogP contribution in [0.2, 0.25) is 0 Å². The molecule has 5 nitrogen and oxygen atoms in total. The lowest BCUT2D eigenvalue weighted by molar-refractivity contribution is -0.384. The Hall–Kier alpha value is -2.47. The van der Waals surface area contributed by atoms with Crippen LogP contribution in [-0.4, -0.2) is 14.5 Å². The fourth-order valence-corrected chi connectivity index (χ4v) is 2.62. The molecule has 3 rings (SSSR count). The monoisotopic (exact) mass is 371 g/mol. The molecular weight excluding hydrogens is 358 g/mol. The number of hydrogen-bond acceptors (Lipinski definition) is 3. The zero-order chi connectivity index (χ0) is 16.2. The van der Waals surface area contributed by atoms with Crippen LogP contribution in [0, 0.1) is 10.1 Å². The van der Waals surface area contributed by atoms with Crippen LogP contribution in [0.5, 0.6) is 0 Å². The molecule has 0 aliphatic carbocycles. The molecule has 6 heteroatoms. The number of benzene rings is 2. The first-order valence-electron chi connectivity index (χ1n) is 7.09. The van der Waals surface area contributed by atoms with E-state index in [4.69, 9.17) is 0 Å². The number of imidazole rings is 1. The Morgan fingerprint density at radius 2 is 1.70 bits per heavy atom. The van der Waals surface area contributed by atoms with E-state index < -0.39 is 0 Å². The first-order valence-corrected chi connectivity index (χ1v) is 7.89. The van der Waals surface area contributed by atoms with Gasteiger partial charge in [-0.25, -0.2) is 4.98 Å². The van der Waals surface area contributed by atoms with Crippen molar-refractivity contribution in [1.29, 1.82) is 0 Å². The summed E-state index contributed by atoms with van der Waals surface area (Å²) in [5, 5.41) is 10.7. The highest BCUT2D eigenvalue weighted by atomic mass is 79.9. The Bertz CT molecular complexity index is 811. The Balaban J connectivity index is 1.75. The van der Waals surface area contributed by atoms with Gasteiger partial charge in [-0.3, -0.25) is 10.1 Å². The normalized spacial score (nSPS) is 10.7. The van der Waals surface area contributed by atoms with Gasteiger partial charge in [0.15, 0.2) is 0 Å². The van der Waals surface area contributed by atoms with Gasteiger partial charge in [-0.15, -0.1) is 0 Å². The second kappa shape index (κ2) is 6.75. The highest BCUT2D eigenvalue weighted by Crippen LogP contribution is 2.16. The third kappa shape index (κ3) is 3.84. The molecule has 0 unspecified atom stereocenters. The van der Waals surface area contributed by atoms with Crippen molar-refractivity contribution >= 4 is 21.6 Å². The van der Waals surface area contributed by atoms with Gasteiger partial charge in [-0.2, -0.15) is 0 Å².